The topological polar surface area (TPSA) is 63.8 Å². The van der Waals surface area contributed by atoms with Crippen LogP contribution < -0.4 is 11.1 Å². The van der Waals surface area contributed by atoms with Gasteiger partial charge in [0, 0.05) is 4.88 Å². The highest BCUT2D eigenvalue weighted by Crippen LogP contribution is 2.28. The maximum Gasteiger partial charge on any atom is 0.223 e. The zero-order chi connectivity index (χ0) is 12.3. The lowest BCUT2D eigenvalue weighted by Crippen LogP contribution is -2.17. The predicted molar refractivity (Wildman–Crippen MR) is 72.0 cm³/mol. The van der Waals surface area contributed by atoms with Crippen molar-refractivity contribution in [2.75, 3.05) is 11.1 Å². The summed E-state index contributed by atoms with van der Waals surface area (Å²) in [5.74, 6) is 1.08. The Bertz CT molecular complexity index is 450. The van der Waals surface area contributed by atoms with Crippen LogP contribution >= 0.6 is 11.3 Å². The van der Waals surface area contributed by atoms with Gasteiger partial charge in [0.25, 0.3) is 0 Å². The molecule has 5 heteroatoms. The van der Waals surface area contributed by atoms with E-state index in [1.165, 1.54) is 4.88 Å². The van der Waals surface area contributed by atoms with Crippen molar-refractivity contribution in [1.29, 1.82) is 0 Å². The molecule has 0 radical (unpaired) electrons. The van der Waals surface area contributed by atoms with Crippen LogP contribution in [0.25, 0.3) is 0 Å². The van der Waals surface area contributed by atoms with Gasteiger partial charge in [0.1, 0.15) is 0 Å². The van der Waals surface area contributed by atoms with Crippen molar-refractivity contribution in [3.8, 4) is 0 Å². The second-order valence-electron chi connectivity index (χ2n) is 4.22. The number of thiophene rings is 1. The highest BCUT2D eigenvalue weighted by atomic mass is 32.1. The summed E-state index contributed by atoms with van der Waals surface area (Å²) in [6.45, 7) is 4.35. The van der Waals surface area contributed by atoms with Gasteiger partial charge in [-0.2, -0.15) is 0 Å². The quantitative estimate of drug-likeness (QED) is 0.873. The zero-order valence-corrected chi connectivity index (χ0v) is 10.7. The van der Waals surface area contributed by atoms with E-state index in [2.05, 4.69) is 46.6 Å². The largest absolute Gasteiger partial charge is 0.396 e. The number of nitrogens with two attached hydrogens (primary N) is 1. The summed E-state index contributed by atoms with van der Waals surface area (Å²) in [5, 5.41) is 5.42. The Balaban J connectivity index is 2.16. The number of anilines is 2. The molecule has 2 aromatic heterocycles. The summed E-state index contributed by atoms with van der Waals surface area (Å²) < 4.78 is 0. The maximum atomic E-state index is 5.56. The van der Waals surface area contributed by atoms with Crippen LogP contribution in [0.5, 0.6) is 0 Å². The predicted octanol–water partition coefficient (Wildman–Crippen LogP) is 2.93. The number of nitrogens with one attached hydrogen (secondary N) is 1. The van der Waals surface area contributed by atoms with Gasteiger partial charge in [-0.1, -0.05) is 19.9 Å². The van der Waals surface area contributed by atoms with Crippen molar-refractivity contribution >= 4 is 23.0 Å². The lowest BCUT2D eigenvalue weighted by molar-refractivity contribution is 0.550. The lowest BCUT2D eigenvalue weighted by atomic mass is 10.0. The van der Waals surface area contributed by atoms with Gasteiger partial charge >= 0.3 is 0 Å². The third kappa shape index (κ3) is 2.94. The average molecular weight is 248 g/mol. The van der Waals surface area contributed by atoms with Crippen molar-refractivity contribution in [1.82, 2.24) is 9.97 Å². The molecule has 0 spiro atoms. The number of hydrogen-bond acceptors (Lipinski definition) is 5. The first-order chi connectivity index (χ1) is 8.16. The molecule has 2 aromatic rings. The Morgan fingerprint density at radius 3 is 2.53 bits per heavy atom. The van der Waals surface area contributed by atoms with Gasteiger partial charge in [0.05, 0.1) is 24.1 Å². The molecule has 2 heterocycles. The van der Waals surface area contributed by atoms with E-state index in [9.17, 15) is 0 Å². The first-order valence-corrected chi connectivity index (χ1v) is 6.42. The van der Waals surface area contributed by atoms with Gasteiger partial charge in [0.15, 0.2) is 0 Å². The van der Waals surface area contributed by atoms with Crippen LogP contribution in [0.1, 0.15) is 24.8 Å². The normalized spacial score (nSPS) is 12.6. The molecule has 0 aromatic carbocycles. The molecule has 2 rings (SSSR count). The molecular weight excluding hydrogens is 232 g/mol. The minimum atomic E-state index is 0.235. The van der Waals surface area contributed by atoms with Crippen LogP contribution in [-0.2, 0) is 0 Å². The van der Waals surface area contributed by atoms with Crippen LogP contribution in [0.3, 0.4) is 0 Å². The summed E-state index contributed by atoms with van der Waals surface area (Å²) >= 11 is 1.74. The van der Waals surface area contributed by atoms with Gasteiger partial charge in [-0.3, -0.25) is 0 Å². The smallest absolute Gasteiger partial charge is 0.223 e. The van der Waals surface area contributed by atoms with E-state index in [4.69, 9.17) is 5.73 Å². The van der Waals surface area contributed by atoms with Gasteiger partial charge in [-0.05, 0) is 17.4 Å². The molecule has 0 saturated carbocycles. The minimum absolute atomic E-state index is 0.235. The summed E-state index contributed by atoms with van der Waals surface area (Å²) in [7, 11) is 0. The van der Waals surface area contributed by atoms with Crippen LogP contribution in [0.15, 0.2) is 29.9 Å². The molecule has 17 heavy (non-hydrogen) atoms. The molecule has 4 nitrogen and oxygen atoms in total. The molecule has 0 aliphatic carbocycles. The Morgan fingerprint density at radius 2 is 2.00 bits per heavy atom. The number of nitrogens with zero attached hydrogens (tertiary/aromatic N) is 2. The number of nitrogen functional groups attached to an aromatic ring is 1. The fourth-order valence-electron chi connectivity index (χ4n) is 1.59. The van der Waals surface area contributed by atoms with E-state index in [-0.39, 0.29) is 6.04 Å². The first kappa shape index (κ1) is 11.9. The van der Waals surface area contributed by atoms with Crippen LogP contribution in [-0.4, -0.2) is 9.97 Å². The molecule has 0 amide bonds. The van der Waals surface area contributed by atoms with Crippen molar-refractivity contribution in [2.45, 2.75) is 19.9 Å². The van der Waals surface area contributed by atoms with Crippen LogP contribution in [0, 0.1) is 5.92 Å². The van der Waals surface area contributed by atoms with Gasteiger partial charge in [0.2, 0.25) is 5.95 Å². The van der Waals surface area contributed by atoms with Crippen molar-refractivity contribution in [3.05, 3.63) is 34.8 Å². The fraction of sp³-hybridized carbons (Fsp3) is 0.333. The Hall–Kier alpha value is -1.62. The van der Waals surface area contributed by atoms with Crippen molar-refractivity contribution in [3.63, 3.8) is 0 Å². The molecule has 0 saturated heterocycles. The SMILES string of the molecule is CC(C)C(Nc1ncc(N)cn1)c1cccs1. The van der Waals surface area contributed by atoms with E-state index >= 15 is 0 Å². The minimum Gasteiger partial charge on any atom is -0.396 e. The summed E-state index contributed by atoms with van der Waals surface area (Å²) in [6.07, 6.45) is 3.22. The number of hydrogen-bond donors (Lipinski definition) is 2. The van der Waals surface area contributed by atoms with Crippen molar-refractivity contribution in [2.24, 2.45) is 5.92 Å². The van der Waals surface area contributed by atoms with E-state index < -0.39 is 0 Å². The summed E-state index contributed by atoms with van der Waals surface area (Å²) in [6, 6.07) is 4.42. The first-order valence-electron chi connectivity index (χ1n) is 5.54. The van der Waals surface area contributed by atoms with E-state index in [0.29, 0.717) is 17.6 Å². The Kier molecular flexibility index (Phi) is 3.58. The highest BCUT2D eigenvalue weighted by molar-refractivity contribution is 7.10. The van der Waals surface area contributed by atoms with Gasteiger partial charge < -0.3 is 11.1 Å². The molecule has 0 aliphatic heterocycles. The highest BCUT2D eigenvalue weighted by Gasteiger charge is 2.17. The fourth-order valence-corrected chi connectivity index (χ4v) is 2.54. The molecule has 0 fully saturated rings. The van der Waals surface area contributed by atoms with E-state index in [1.54, 1.807) is 23.7 Å². The molecule has 1 unspecified atom stereocenters. The van der Waals surface area contributed by atoms with Crippen molar-refractivity contribution < 1.29 is 0 Å². The maximum absolute atomic E-state index is 5.56. The number of aromatic nitrogens is 2. The molecule has 1 atom stereocenters. The lowest BCUT2D eigenvalue weighted by Gasteiger charge is -2.21. The Morgan fingerprint density at radius 1 is 1.29 bits per heavy atom. The summed E-state index contributed by atoms with van der Waals surface area (Å²) in [4.78, 5) is 9.63. The number of rotatable bonds is 4. The molecule has 3 N–H and O–H groups in total. The Labute approximate surface area is 105 Å². The second kappa shape index (κ2) is 5.14. The molecule has 0 bridgehead atoms. The van der Waals surface area contributed by atoms with Gasteiger partial charge in [-0.25, -0.2) is 9.97 Å². The molecular formula is C12H16N4S. The average Bonchev–Trinajstić information content (AvgIpc) is 2.81. The van der Waals surface area contributed by atoms with Gasteiger partial charge in [-0.15, -0.1) is 11.3 Å². The second-order valence-corrected chi connectivity index (χ2v) is 5.20. The summed E-state index contributed by atoms with van der Waals surface area (Å²) in [5.41, 5.74) is 6.14. The van der Waals surface area contributed by atoms with E-state index in [1.807, 2.05) is 0 Å². The monoisotopic (exact) mass is 248 g/mol. The molecule has 90 valence electrons. The van der Waals surface area contributed by atoms with E-state index in [0.717, 1.165) is 0 Å². The van der Waals surface area contributed by atoms with Crippen LogP contribution in [0.4, 0.5) is 11.6 Å². The molecule has 0 aliphatic rings. The zero-order valence-electron chi connectivity index (χ0n) is 9.92. The van der Waals surface area contributed by atoms with Crippen LogP contribution in [0.2, 0.25) is 0 Å². The third-order valence-corrected chi connectivity index (χ3v) is 3.43. The third-order valence-electron chi connectivity index (χ3n) is 2.47. The standard InChI is InChI=1S/C12H16N4S/c1-8(2)11(10-4-3-5-17-10)16-12-14-6-9(13)7-15-12/h3-8,11H,13H2,1-2H3,(H,14,15,16).